The van der Waals surface area contributed by atoms with Crippen LogP contribution in [-0.4, -0.2) is 36.0 Å². The molecule has 1 heterocycles. The first kappa shape index (κ1) is 10.4. The Balaban J connectivity index is 2.64. The Morgan fingerprint density at radius 3 is 2.86 bits per heavy atom. The molecule has 1 aromatic rings. The SMILES string of the molecule is COc1ccc(N=NN(C)CO)cn1. The van der Waals surface area contributed by atoms with Crippen LogP contribution in [0.25, 0.3) is 0 Å². The van der Waals surface area contributed by atoms with Crippen molar-refractivity contribution >= 4 is 5.69 Å². The molecule has 6 heteroatoms. The average Bonchev–Trinajstić information content (AvgIpc) is 2.26. The van der Waals surface area contributed by atoms with Crippen molar-refractivity contribution < 1.29 is 9.84 Å². The zero-order valence-corrected chi connectivity index (χ0v) is 8.08. The zero-order chi connectivity index (χ0) is 10.4. The van der Waals surface area contributed by atoms with Gasteiger partial charge in [0.15, 0.2) is 0 Å². The van der Waals surface area contributed by atoms with E-state index in [0.717, 1.165) is 0 Å². The molecule has 76 valence electrons. The third kappa shape index (κ3) is 2.98. The van der Waals surface area contributed by atoms with E-state index in [1.807, 2.05) is 0 Å². The van der Waals surface area contributed by atoms with Crippen LogP contribution in [0.15, 0.2) is 28.7 Å². The maximum absolute atomic E-state index is 8.63. The van der Waals surface area contributed by atoms with E-state index in [1.54, 1.807) is 26.3 Å². The maximum Gasteiger partial charge on any atom is 0.213 e. The Labute approximate surface area is 81.8 Å². The van der Waals surface area contributed by atoms with Gasteiger partial charge in [-0.15, -0.1) is 5.11 Å². The molecule has 0 aromatic carbocycles. The minimum Gasteiger partial charge on any atom is -0.481 e. The summed E-state index contributed by atoms with van der Waals surface area (Å²) in [7, 11) is 3.16. The van der Waals surface area contributed by atoms with Crippen molar-refractivity contribution in [3.63, 3.8) is 0 Å². The van der Waals surface area contributed by atoms with Gasteiger partial charge in [-0.1, -0.05) is 5.22 Å². The molecule has 0 amide bonds. The predicted octanol–water partition coefficient (Wildman–Crippen LogP) is 0.970. The van der Waals surface area contributed by atoms with E-state index in [0.29, 0.717) is 11.6 Å². The van der Waals surface area contributed by atoms with Crippen LogP contribution in [0.5, 0.6) is 5.88 Å². The van der Waals surface area contributed by atoms with Gasteiger partial charge in [0.1, 0.15) is 12.4 Å². The van der Waals surface area contributed by atoms with Gasteiger partial charge in [0.05, 0.1) is 13.3 Å². The van der Waals surface area contributed by atoms with Gasteiger partial charge in [0, 0.05) is 13.1 Å². The molecule has 14 heavy (non-hydrogen) atoms. The lowest BCUT2D eigenvalue weighted by molar-refractivity contribution is 0.129. The summed E-state index contributed by atoms with van der Waals surface area (Å²) in [4.78, 5) is 3.94. The Morgan fingerprint density at radius 1 is 1.57 bits per heavy atom. The second-order valence-corrected chi connectivity index (χ2v) is 2.55. The van der Waals surface area contributed by atoms with Gasteiger partial charge in [0.25, 0.3) is 0 Å². The first-order valence-corrected chi connectivity index (χ1v) is 4.00. The third-order valence-corrected chi connectivity index (χ3v) is 1.45. The quantitative estimate of drug-likeness (QED) is 0.442. The van der Waals surface area contributed by atoms with Gasteiger partial charge in [-0.2, -0.15) is 0 Å². The summed E-state index contributed by atoms with van der Waals surface area (Å²) in [5.41, 5.74) is 0.603. The molecule has 0 radical (unpaired) electrons. The highest BCUT2D eigenvalue weighted by Crippen LogP contribution is 2.14. The van der Waals surface area contributed by atoms with Crippen LogP contribution in [0.4, 0.5) is 5.69 Å². The van der Waals surface area contributed by atoms with Crippen LogP contribution in [0.2, 0.25) is 0 Å². The smallest absolute Gasteiger partial charge is 0.213 e. The third-order valence-electron chi connectivity index (χ3n) is 1.45. The van der Waals surface area contributed by atoms with Gasteiger partial charge in [0.2, 0.25) is 5.88 Å². The number of rotatable bonds is 4. The summed E-state index contributed by atoms with van der Waals surface area (Å²) in [5, 5.41) is 17.4. The summed E-state index contributed by atoms with van der Waals surface area (Å²) in [6.45, 7) is -0.174. The molecular formula is C8H12N4O2. The second kappa shape index (κ2) is 5.13. The molecule has 0 aliphatic rings. The Kier molecular flexibility index (Phi) is 3.81. The van der Waals surface area contributed by atoms with Crippen molar-refractivity contribution in [2.45, 2.75) is 0 Å². The number of nitrogens with zero attached hydrogens (tertiary/aromatic N) is 4. The molecule has 0 fully saturated rings. The van der Waals surface area contributed by atoms with Crippen molar-refractivity contribution in [1.82, 2.24) is 9.99 Å². The summed E-state index contributed by atoms with van der Waals surface area (Å²) in [6.07, 6.45) is 1.54. The number of aliphatic hydroxyl groups excluding tert-OH is 1. The number of methoxy groups -OCH3 is 1. The van der Waals surface area contributed by atoms with Crippen molar-refractivity contribution in [1.29, 1.82) is 0 Å². The second-order valence-electron chi connectivity index (χ2n) is 2.55. The van der Waals surface area contributed by atoms with Crippen LogP contribution >= 0.6 is 0 Å². The lowest BCUT2D eigenvalue weighted by Gasteiger charge is -2.04. The molecule has 0 bridgehead atoms. The number of aliphatic hydroxyl groups is 1. The Morgan fingerprint density at radius 2 is 2.36 bits per heavy atom. The van der Waals surface area contributed by atoms with E-state index in [1.165, 1.54) is 11.2 Å². The zero-order valence-electron chi connectivity index (χ0n) is 8.08. The molecule has 0 unspecified atom stereocenters. The lowest BCUT2D eigenvalue weighted by Crippen LogP contribution is -2.10. The molecule has 0 aliphatic heterocycles. The van der Waals surface area contributed by atoms with Crippen molar-refractivity contribution in [2.24, 2.45) is 10.3 Å². The van der Waals surface area contributed by atoms with Crippen molar-refractivity contribution in [3.05, 3.63) is 18.3 Å². The Hall–Kier alpha value is -1.69. The van der Waals surface area contributed by atoms with E-state index >= 15 is 0 Å². The summed E-state index contributed by atoms with van der Waals surface area (Å²) in [5.74, 6) is 0.527. The van der Waals surface area contributed by atoms with Gasteiger partial charge in [-0.05, 0) is 6.07 Å². The molecule has 1 rings (SSSR count). The van der Waals surface area contributed by atoms with E-state index in [-0.39, 0.29) is 6.73 Å². The lowest BCUT2D eigenvalue weighted by atomic mass is 10.4. The normalized spacial score (nSPS) is 10.5. The predicted molar refractivity (Wildman–Crippen MR) is 50.2 cm³/mol. The minimum absolute atomic E-state index is 0.174. The van der Waals surface area contributed by atoms with Gasteiger partial charge < -0.3 is 9.84 Å². The number of ether oxygens (including phenoxy) is 1. The molecule has 0 aliphatic carbocycles. The van der Waals surface area contributed by atoms with E-state index in [4.69, 9.17) is 9.84 Å². The summed E-state index contributed by atoms with van der Waals surface area (Å²) >= 11 is 0. The first-order valence-electron chi connectivity index (χ1n) is 4.00. The van der Waals surface area contributed by atoms with Crippen LogP contribution in [-0.2, 0) is 0 Å². The van der Waals surface area contributed by atoms with Crippen molar-refractivity contribution in [3.8, 4) is 5.88 Å². The van der Waals surface area contributed by atoms with Crippen LogP contribution in [0.1, 0.15) is 0 Å². The van der Waals surface area contributed by atoms with E-state index < -0.39 is 0 Å². The topological polar surface area (TPSA) is 70.3 Å². The molecule has 0 spiro atoms. The average molecular weight is 196 g/mol. The summed E-state index contributed by atoms with van der Waals surface area (Å²) < 4.78 is 4.88. The summed E-state index contributed by atoms with van der Waals surface area (Å²) in [6, 6.07) is 3.41. The molecular weight excluding hydrogens is 184 g/mol. The molecule has 0 saturated carbocycles. The minimum atomic E-state index is -0.174. The number of aromatic nitrogens is 1. The number of pyridine rings is 1. The highest BCUT2D eigenvalue weighted by atomic mass is 16.5. The standard InChI is InChI=1S/C8H12N4O2/c1-12(6-13)11-10-7-3-4-8(14-2)9-5-7/h3-5,13H,6H2,1-2H3. The highest BCUT2D eigenvalue weighted by Gasteiger charge is 1.93. The first-order chi connectivity index (χ1) is 6.76. The van der Waals surface area contributed by atoms with E-state index in [9.17, 15) is 0 Å². The fourth-order valence-corrected chi connectivity index (χ4v) is 0.709. The fourth-order valence-electron chi connectivity index (χ4n) is 0.709. The van der Waals surface area contributed by atoms with Gasteiger partial charge in [-0.3, -0.25) is 5.01 Å². The van der Waals surface area contributed by atoms with Gasteiger partial charge >= 0.3 is 0 Å². The largest absolute Gasteiger partial charge is 0.481 e. The maximum atomic E-state index is 8.63. The number of hydrogen-bond acceptors (Lipinski definition) is 5. The molecule has 0 saturated heterocycles. The highest BCUT2D eigenvalue weighted by molar-refractivity contribution is 5.34. The van der Waals surface area contributed by atoms with E-state index in [2.05, 4.69) is 15.3 Å². The Bertz CT molecular complexity index is 299. The van der Waals surface area contributed by atoms with Crippen LogP contribution in [0, 0.1) is 0 Å². The fraction of sp³-hybridized carbons (Fsp3) is 0.375. The molecule has 6 nitrogen and oxygen atoms in total. The molecule has 1 aromatic heterocycles. The van der Waals surface area contributed by atoms with Gasteiger partial charge in [-0.25, -0.2) is 4.98 Å². The molecule has 0 atom stereocenters. The van der Waals surface area contributed by atoms with Crippen LogP contribution < -0.4 is 4.74 Å². The van der Waals surface area contributed by atoms with Crippen molar-refractivity contribution in [2.75, 3.05) is 20.9 Å². The van der Waals surface area contributed by atoms with Crippen LogP contribution in [0.3, 0.4) is 0 Å². The molecule has 1 N–H and O–H groups in total. The monoisotopic (exact) mass is 196 g/mol. The number of hydrogen-bond donors (Lipinski definition) is 1.